The summed E-state index contributed by atoms with van der Waals surface area (Å²) in [5.74, 6) is 0. The van der Waals surface area contributed by atoms with Gasteiger partial charge in [0.1, 0.15) is 5.60 Å². The van der Waals surface area contributed by atoms with Crippen molar-refractivity contribution in [1.82, 2.24) is 4.90 Å². The van der Waals surface area contributed by atoms with Gasteiger partial charge < -0.3 is 9.64 Å². The molecule has 0 N–H and O–H groups in total. The largest absolute Gasteiger partial charge is 0.444 e. The number of hydrogen-bond donors (Lipinski definition) is 0. The van der Waals surface area contributed by atoms with E-state index in [0.29, 0.717) is 0 Å². The van der Waals surface area contributed by atoms with Crippen molar-refractivity contribution in [3.05, 3.63) is 21.9 Å². The summed E-state index contributed by atoms with van der Waals surface area (Å²) in [6, 6.07) is 2.24. The number of hydrogen-bond acceptors (Lipinski definition) is 3. The summed E-state index contributed by atoms with van der Waals surface area (Å²) in [7, 11) is 0. The molecule has 2 heterocycles. The molecule has 0 unspecified atom stereocenters. The Morgan fingerprint density at radius 2 is 2.24 bits per heavy atom. The van der Waals surface area contributed by atoms with E-state index in [9.17, 15) is 4.79 Å². The second-order valence-corrected chi connectivity index (χ2v) is 6.40. The standard InChI is InChI=1S/C13H19NO2S/c1-9-10-6-8-17-11(10)5-7-14(9)12(15)16-13(2,3)4/h6,8-9H,5,7H2,1-4H3/t9-/m1/s1. The van der Waals surface area contributed by atoms with E-state index in [4.69, 9.17) is 4.74 Å². The smallest absolute Gasteiger partial charge is 0.410 e. The van der Waals surface area contributed by atoms with E-state index in [2.05, 4.69) is 18.4 Å². The van der Waals surface area contributed by atoms with Gasteiger partial charge in [-0.1, -0.05) is 0 Å². The van der Waals surface area contributed by atoms with Crippen LogP contribution in [0.25, 0.3) is 0 Å². The highest BCUT2D eigenvalue weighted by molar-refractivity contribution is 7.10. The molecule has 94 valence electrons. The highest BCUT2D eigenvalue weighted by Gasteiger charge is 2.31. The van der Waals surface area contributed by atoms with Gasteiger partial charge in [-0.25, -0.2) is 4.79 Å². The first-order valence-corrected chi connectivity index (χ1v) is 6.82. The number of ether oxygens (including phenoxy) is 1. The van der Waals surface area contributed by atoms with E-state index in [1.165, 1.54) is 10.4 Å². The van der Waals surface area contributed by atoms with Gasteiger partial charge in [-0.05, 0) is 51.1 Å². The van der Waals surface area contributed by atoms with Crippen LogP contribution in [0.2, 0.25) is 0 Å². The van der Waals surface area contributed by atoms with Crippen LogP contribution in [0.4, 0.5) is 4.79 Å². The van der Waals surface area contributed by atoms with Crippen molar-refractivity contribution in [3.8, 4) is 0 Å². The summed E-state index contributed by atoms with van der Waals surface area (Å²) >= 11 is 1.78. The molecule has 1 aromatic heterocycles. The monoisotopic (exact) mass is 253 g/mol. The fourth-order valence-electron chi connectivity index (χ4n) is 2.08. The van der Waals surface area contributed by atoms with E-state index in [1.54, 1.807) is 11.3 Å². The average Bonchev–Trinajstić information content (AvgIpc) is 2.63. The Balaban J connectivity index is 2.12. The van der Waals surface area contributed by atoms with Crippen LogP contribution in [0.3, 0.4) is 0 Å². The van der Waals surface area contributed by atoms with Crippen molar-refractivity contribution in [1.29, 1.82) is 0 Å². The first kappa shape index (κ1) is 12.4. The Kier molecular flexibility index (Phi) is 3.17. The van der Waals surface area contributed by atoms with Crippen LogP contribution in [0.1, 0.15) is 44.2 Å². The molecule has 17 heavy (non-hydrogen) atoms. The second kappa shape index (κ2) is 4.33. The Labute approximate surface area is 106 Å². The summed E-state index contributed by atoms with van der Waals surface area (Å²) in [4.78, 5) is 15.3. The lowest BCUT2D eigenvalue weighted by Crippen LogP contribution is -2.41. The highest BCUT2D eigenvalue weighted by atomic mass is 32.1. The lowest BCUT2D eigenvalue weighted by molar-refractivity contribution is 0.0161. The molecule has 1 aromatic rings. The minimum absolute atomic E-state index is 0.125. The number of nitrogens with zero attached hydrogens (tertiary/aromatic N) is 1. The minimum atomic E-state index is -0.425. The zero-order valence-electron chi connectivity index (χ0n) is 10.8. The molecule has 0 saturated heterocycles. The predicted octanol–water partition coefficient (Wildman–Crippen LogP) is 3.60. The Morgan fingerprint density at radius 3 is 2.88 bits per heavy atom. The molecular formula is C13H19NO2S. The molecule has 0 fully saturated rings. The molecule has 3 nitrogen and oxygen atoms in total. The first-order valence-electron chi connectivity index (χ1n) is 5.94. The highest BCUT2D eigenvalue weighted by Crippen LogP contribution is 2.33. The van der Waals surface area contributed by atoms with Crippen LogP contribution < -0.4 is 0 Å². The SMILES string of the molecule is C[C@@H]1c2ccsc2CCN1C(=O)OC(C)(C)C. The van der Waals surface area contributed by atoms with Gasteiger partial charge >= 0.3 is 6.09 Å². The Hall–Kier alpha value is -1.03. The van der Waals surface area contributed by atoms with Gasteiger partial charge in [0.2, 0.25) is 0 Å². The fraction of sp³-hybridized carbons (Fsp3) is 0.615. The van der Waals surface area contributed by atoms with E-state index in [0.717, 1.165) is 13.0 Å². The third-order valence-electron chi connectivity index (χ3n) is 2.91. The maximum Gasteiger partial charge on any atom is 0.410 e. The molecule has 0 spiro atoms. The van der Waals surface area contributed by atoms with Crippen molar-refractivity contribution < 1.29 is 9.53 Å². The molecular weight excluding hydrogens is 234 g/mol. The lowest BCUT2D eigenvalue weighted by atomic mass is 10.0. The maximum absolute atomic E-state index is 12.1. The third kappa shape index (κ3) is 2.63. The van der Waals surface area contributed by atoms with Crippen molar-refractivity contribution >= 4 is 17.4 Å². The molecule has 0 aromatic carbocycles. The number of carbonyl (C=O) groups excluding carboxylic acids is 1. The zero-order valence-corrected chi connectivity index (χ0v) is 11.6. The van der Waals surface area contributed by atoms with Crippen molar-refractivity contribution in [2.45, 2.75) is 45.8 Å². The summed E-state index contributed by atoms with van der Waals surface area (Å²) < 4.78 is 5.43. The van der Waals surface area contributed by atoms with Crippen LogP contribution in [-0.2, 0) is 11.2 Å². The lowest BCUT2D eigenvalue weighted by Gasteiger charge is -2.34. The number of rotatable bonds is 0. The van der Waals surface area contributed by atoms with Gasteiger partial charge in [0.25, 0.3) is 0 Å². The molecule has 1 atom stereocenters. The molecule has 1 amide bonds. The summed E-state index contributed by atoms with van der Waals surface area (Å²) in [6.07, 6.45) is 0.734. The van der Waals surface area contributed by atoms with E-state index in [1.807, 2.05) is 25.7 Å². The van der Waals surface area contributed by atoms with Gasteiger partial charge in [0.05, 0.1) is 6.04 Å². The summed E-state index contributed by atoms with van der Waals surface area (Å²) in [6.45, 7) is 8.51. The van der Waals surface area contributed by atoms with Gasteiger partial charge in [-0.15, -0.1) is 11.3 Å². The van der Waals surface area contributed by atoms with Crippen molar-refractivity contribution in [2.75, 3.05) is 6.54 Å². The van der Waals surface area contributed by atoms with E-state index >= 15 is 0 Å². The number of fused-ring (bicyclic) bond motifs is 1. The fourth-order valence-corrected chi connectivity index (χ4v) is 3.04. The van der Waals surface area contributed by atoms with E-state index < -0.39 is 5.60 Å². The van der Waals surface area contributed by atoms with Gasteiger partial charge in [0, 0.05) is 11.4 Å². The van der Waals surface area contributed by atoms with Crippen LogP contribution in [0, 0.1) is 0 Å². The molecule has 0 aliphatic carbocycles. The minimum Gasteiger partial charge on any atom is -0.444 e. The number of thiophene rings is 1. The van der Waals surface area contributed by atoms with Crippen LogP contribution in [0.15, 0.2) is 11.4 Å². The average molecular weight is 253 g/mol. The van der Waals surface area contributed by atoms with Crippen molar-refractivity contribution in [2.24, 2.45) is 0 Å². The van der Waals surface area contributed by atoms with Gasteiger partial charge in [0.15, 0.2) is 0 Å². The maximum atomic E-state index is 12.1. The van der Waals surface area contributed by atoms with Gasteiger partial charge in [-0.3, -0.25) is 0 Å². The quantitative estimate of drug-likeness (QED) is 0.707. The summed E-state index contributed by atoms with van der Waals surface area (Å²) in [5.41, 5.74) is 0.846. The van der Waals surface area contributed by atoms with Crippen LogP contribution in [-0.4, -0.2) is 23.1 Å². The number of amides is 1. The molecule has 2 rings (SSSR count). The normalized spacial score (nSPS) is 20.0. The topological polar surface area (TPSA) is 29.5 Å². The third-order valence-corrected chi connectivity index (χ3v) is 3.90. The van der Waals surface area contributed by atoms with E-state index in [-0.39, 0.29) is 12.1 Å². The number of carbonyl (C=O) groups is 1. The second-order valence-electron chi connectivity index (χ2n) is 5.40. The molecule has 0 radical (unpaired) electrons. The zero-order chi connectivity index (χ0) is 12.6. The molecule has 4 heteroatoms. The van der Waals surface area contributed by atoms with Crippen LogP contribution >= 0.6 is 11.3 Å². The Morgan fingerprint density at radius 1 is 1.53 bits per heavy atom. The summed E-state index contributed by atoms with van der Waals surface area (Å²) in [5, 5.41) is 2.10. The molecule has 0 bridgehead atoms. The predicted molar refractivity (Wildman–Crippen MR) is 69.4 cm³/mol. The van der Waals surface area contributed by atoms with Gasteiger partial charge in [-0.2, -0.15) is 0 Å². The van der Waals surface area contributed by atoms with Crippen molar-refractivity contribution in [3.63, 3.8) is 0 Å². The molecule has 1 aliphatic heterocycles. The van der Waals surface area contributed by atoms with Crippen LogP contribution in [0.5, 0.6) is 0 Å². The first-order chi connectivity index (χ1) is 7.88. The molecule has 0 saturated carbocycles. The molecule has 1 aliphatic rings. The Bertz CT molecular complexity index is 419.